The molecule has 1 unspecified atom stereocenters. The molecule has 0 bridgehead atoms. The lowest BCUT2D eigenvalue weighted by atomic mass is 10.1. The van der Waals surface area contributed by atoms with Gasteiger partial charge in [-0.05, 0) is 13.3 Å². The van der Waals surface area contributed by atoms with Crippen LogP contribution in [-0.2, 0) is 9.47 Å². The molecular weight excluding hydrogens is 220 g/mol. The van der Waals surface area contributed by atoms with Crippen molar-refractivity contribution in [3.05, 3.63) is 0 Å². The van der Waals surface area contributed by atoms with Crippen molar-refractivity contribution in [3.8, 4) is 0 Å². The second kappa shape index (κ2) is 11.7. The Bertz CT molecular complexity index is 182. The molecule has 0 aromatic rings. The van der Waals surface area contributed by atoms with E-state index in [2.05, 4.69) is 11.7 Å². The highest BCUT2D eigenvalue weighted by Gasteiger charge is 2.09. The van der Waals surface area contributed by atoms with Crippen LogP contribution >= 0.6 is 0 Å². The Morgan fingerprint density at radius 3 is 2.41 bits per heavy atom. The first kappa shape index (κ1) is 16.2. The smallest absolute Gasteiger partial charge is 0.450 e. The fourth-order valence-corrected chi connectivity index (χ4v) is 1.80. The molecule has 4 nitrogen and oxygen atoms in total. The molecular formula is C13H26O4. The Kier molecular flexibility index (Phi) is 11.2. The molecule has 0 aromatic carbocycles. The van der Waals surface area contributed by atoms with E-state index in [1.54, 1.807) is 0 Å². The number of ether oxygens (including phenoxy) is 2. The first-order valence-electron chi connectivity index (χ1n) is 6.68. The number of carbonyl (C=O) groups is 1. The van der Waals surface area contributed by atoms with Gasteiger partial charge in [-0.1, -0.05) is 39.0 Å². The average molecular weight is 246 g/mol. The van der Waals surface area contributed by atoms with Crippen molar-refractivity contribution in [2.45, 2.75) is 64.9 Å². The van der Waals surface area contributed by atoms with E-state index >= 15 is 0 Å². The molecule has 0 spiro atoms. The Hall–Kier alpha value is -0.770. The molecule has 0 saturated carbocycles. The van der Waals surface area contributed by atoms with Gasteiger partial charge >= 0.3 is 6.16 Å². The van der Waals surface area contributed by atoms with Gasteiger partial charge < -0.3 is 14.6 Å². The summed E-state index contributed by atoms with van der Waals surface area (Å²) >= 11 is 0. The molecule has 0 aliphatic rings. The van der Waals surface area contributed by atoms with E-state index in [1.807, 2.05) is 6.92 Å². The second-order valence-electron chi connectivity index (χ2n) is 4.18. The molecule has 4 heteroatoms. The maximum absolute atomic E-state index is 10.2. The van der Waals surface area contributed by atoms with Crippen LogP contribution in [0.4, 0.5) is 4.79 Å². The summed E-state index contributed by atoms with van der Waals surface area (Å²) in [4.78, 5) is 10.2. The number of hydrogen-bond donors (Lipinski definition) is 1. The summed E-state index contributed by atoms with van der Waals surface area (Å²) in [5, 5.41) is 8.37. The number of hydrogen-bond acceptors (Lipinski definition) is 3. The molecule has 0 amide bonds. The van der Waals surface area contributed by atoms with Gasteiger partial charge in [-0.15, -0.1) is 0 Å². The molecule has 1 atom stereocenters. The molecule has 0 saturated heterocycles. The Morgan fingerprint density at radius 2 is 1.82 bits per heavy atom. The predicted molar refractivity (Wildman–Crippen MR) is 67.4 cm³/mol. The van der Waals surface area contributed by atoms with Gasteiger partial charge in [0.15, 0.2) is 0 Å². The highest BCUT2D eigenvalue weighted by Crippen LogP contribution is 2.12. The summed E-state index contributed by atoms with van der Waals surface area (Å²) in [6, 6.07) is 0. The van der Waals surface area contributed by atoms with Crippen molar-refractivity contribution >= 4 is 6.16 Å². The SMILES string of the molecule is CCCCCCCC(CCOC(=O)O)OCC. The van der Waals surface area contributed by atoms with Gasteiger partial charge in [-0.2, -0.15) is 0 Å². The van der Waals surface area contributed by atoms with Crippen molar-refractivity contribution in [2.24, 2.45) is 0 Å². The lowest BCUT2D eigenvalue weighted by Gasteiger charge is -2.16. The minimum absolute atomic E-state index is 0.140. The van der Waals surface area contributed by atoms with Gasteiger partial charge in [0, 0.05) is 13.0 Å². The molecule has 0 radical (unpaired) electrons. The van der Waals surface area contributed by atoms with Gasteiger partial charge in [0.2, 0.25) is 0 Å². The number of carboxylic acid groups (broad SMARTS) is 1. The van der Waals surface area contributed by atoms with Crippen molar-refractivity contribution in [2.75, 3.05) is 13.2 Å². The fraction of sp³-hybridized carbons (Fsp3) is 0.923. The van der Waals surface area contributed by atoms with Crippen LogP contribution < -0.4 is 0 Å². The molecule has 1 N–H and O–H groups in total. The molecule has 0 aliphatic carbocycles. The number of rotatable bonds is 11. The van der Waals surface area contributed by atoms with Gasteiger partial charge in [-0.25, -0.2) is 4.79 Å². The normalized spacial score (nSPS) is 12.4. The van der Waals surface area contributed by atoms with E-state index in [9.17, 15) is 4.79 Å². The molecule has 17 heavy (non-hydrogen) atoms. The van der Waals surface area contributed by atoms with Gasteiger partial charge in [0.1, 0.15) is 0 Å². The summed E-state index contributed by atoms with van der Waals surface area (Å²) in [5.74, 6) is 0. The fourth-order valence-electron chi connectivity index (χ4n) is 1.80. The zero-order valence-electron chi connectivity index (χ0n) is 11.1. The minimum Gasteiger partial charge on any atom is -0.450 e. The van der Waals surface area contributed by atoms with Crippen LogP contribution in [0.2, 0.25) is 0 Å². The first-order chi connectivity index (χ1) is 8.20. The highest BCUT2D eigenvalue weighted by molar-refractivity contribution is 5.56. The largest absolute Gasteiger partial charge is 0.505 e. The third kappa shape index (κ3) is 11.5. The molecule has 0 rings (SSSR count). The van der Waals surface area contributed by atoms with E-state index in [1.165, 1.54) is 25.7 Å². The Balaban J connectivity index is 3.55. The van der Waals surface area contributed by atoms with E-state index < -0.39 is 6.16 Å². The summed E-state index contributed by atoms with van der Waals surface area (Å²) in [6.07, 6.45) is 6.80. The van der Waals surface area contributed by atoms with Crippen LogP contribution in [0.3, 0.4) is 0 Å². The second-order valence-corrected chi connectivity index (χ2v) is 4.18. The lowest BCUT2D eigenvalue weighted by Crippen LogP contribution is -2.17. The van der Waals surface area contributed by atoms with Crippen LogP contribution in [0, 0.1) is 0 Å². The van der Waals surface area contributed by atoms with Crippen LogP contribution in [0.1, 0.15) is 58.8 Å². The molecule has 0 fully saturated rings. The zero-order valence-corrected chi connectivity index (χ0v) is 11.1. The Labute approximate surface area is 104 Å². The van der Waals surface area contributed by atoms with E-state index in [4.69, 9.17) is 9.84 Å². The lowest BCUT2D eigenvalue weighted by molar-refractivity contribution is 0.0250. The quantitative estimate of drug-likeness (QED) is 0.444. The van der Waals surface area contributed by atoms with Crippen LogP contribution in [0.5, 0.6) is 0 Å². The van der Waals surface area contributed by atoms with E-state index in [0.29, 0.717) is 13.0 Å². The van der Waals surface area contributed by atoms with Gasteiger partial charge in [-0.3, -0.25) is 0 Å². The molecule has 0 heterocycles. The zero-order chi connectivity index (χ0) is 12.9. The third-order valence-corrected chi connectivity index (χ3v) is 2.70. The molecule has 0 aromatic heterocycles. The summed E-state index contributed by atoms with van der Waals surface area (Å²) in [7, 11) is 0. The van der Waals surface area contributed by atoms with Crippen molar-refractivity contribution in [1.29, 1.82) is 0 Å². The monoisotopic (exact) mass is 246 g/mol. The Morgan fingerprint density at radius 1 is 1.12 bits per heavy atom. The minimum atomic E-state index is -1.21. The van der Waals surface area contributed by atoms with Crippen molar-refractivity contribution < 1.29 is 19.4 Å². The average Bonchev–Trinajstić information content (AvgIpc) is 2.28. The van der Waals surface area contributed by atoms with Crippen LogP contribution in [-0.4, -0.2) is 30.6 Å². The standard InChI is InChI=1S/C13H26O4/c1-3-5-6-7-8-9-12(16-4-2)10-11-17-13(14)15/h12H,3-11H2,1-2H3,(H,14,15). The van der Waals surface area contributed by atoms with Gasteiger partial charge in [0.25, 0.3) is 0 Å². The number of unbranched alkanes of at least 4 members (excludes halogenated alkanes) is 4. The van der Waals surface area contributed by atoms with Crippen molar-refractivity contribution in [1.82, 2.24) is 0 Å². The maximum atomic E-state index is 10.2. The van der Waals surface area contributed by atoms with Gasteiger partial charge in [0.05, 0.1) is 12.7 Å². The predicted octanol–water partition coefficient (Wildman–Crippen LogP) is 3.84. The topological polar surface area (TPSA) is 55.8 Å². The summed E-state index contributed by atoms with van der Waals surface area (Å²) in [6.45, 7) is 5.07. The van der Waals surface area contributed by atoms with E-state index in [0.717, 1.165) is 12.8 Å². The molecule has 0 aliphatic heterocycles. The summed E-state index contributed by atoms with van der Waals surface area (Å²) in [5.41, 5.74) is 0. The first-order valence-corrected chi connectivity index (χ1v) is 6.68. The van der Waals surface area contributed by atoms with Crippen LogP contribution in [0.15, 0.2) is 0 Å². The van der Waals surface area contributed by atoms with Crippen molar-refractivity contribution in [3.63, 3.8) is 0 Å². The highest BCUT2D eigenvalue weighted by atomic mass is 16.7. The van der Waals surface area contributed by atoms with E-state index in [-0.39, 0.29) is 12.7 Å². The third-order valence-electron chi connectivity index (χ3n) is 2.70. The maximum Gasteiger partial charge on any atom is 0.505 e. The van der Waals surface area contributed by atoms with Crippen LogP contribution in [0.25, 0.3) is 0 Å². The summed E-state index contributed by atoms with van der Waals surface area (Å²) < 4.78 is 10.1. The molecule has 102 valence electrons.